The molecule has 1 saturated heterocycles. The summed E-state index contributed by atoms with van der Waals surface area (Å²) in [5, 5.41) is 0. The molecular formula is C20H19FN4O3S2. The number of piperazine rings is 1. The maximum absolute atomic E-state index is 13.1. The molecular weight excluding hydrogens is 427 g/mol. The molecule has 156 valence electrons. The summed E-state index contributed by atoms with van der Waals surface area (Å²) in [7, 11) is -3.74. The Balaban J connectivity index is 1.51. The molecule has 0 unspecified atom stereocenters. The van der Waals surface area contributed by atoms with E-state index in [9.17, 15) is 17.6 Å². The Morgan fingerprint density at radius 1 is 0.967 bits per heavy atom. The molecule has 10 heteroatoms. The Hall–Kier alpha value is -2.82. The number of nitrogens with zero attached hydrogens (tertiary/aromatic N) is 3. The second-order valence-corrected chi connectivity index (χ2v) is 9.12. The summed E-state index contributed by atoms with van der Waals surface area (Å²) in [4.78, 5) is 17.6. The summed E-state index contributed by atoms with van der Waals surface area (Å²) in [5.74, 6) is -0.728. The SMILES string of the molecule is O=C(c1c[nH]c(=S)n1-c1ccccc1)N1CCN(S(=O)(=O)c2ccc(F)cc2)CC1. The van der Waals surface area contributed by atoms with Gasteiger partial charge in [-0.15, -0.1) is 0 Å². The minimum absolute atomic E-state index is 0.0342. The first-order valence-corrected chi connectivity index (χ1v) is 11.1. The second kappa shape index (κ2) is 8.13. The van der Waals surface area contributed by atoms with Gasteiger partial charge in [-0.2, -0.15) is 4.31 Å². The summed E-state index contributed by atoms with van der Waals surface area (Å²) >= 11 is 5.33. The predicted octanol–water partition coefficient (Wildman–Crippen LogP) is 2.82. The van der Waals surface area contributed by atoms with Gasteiger partial charge in [-0.25, -0.2) is 12.8 Å². The van der Waals surface area contributed by atoms with Gasteiger partial charge >= 0.3 is 0 Å². The van der Waals surface area contributed by atoms with Crippen LogP contribution in [0.25, 0.3) is 5.69 Å². The molecule has 1 aliphatic heterocycles. The van der Waals surface area contributed by atoms with E-state index in [0.717, 1.165) is 17.8 Å². The largest absolute Gasteiger partial charge is 0.336 e. The summed E-state index contributed by atoms with van der Waals surface area (Å²) in [6, 6.07) is 14.0. The van der Waals surface area contributed by atoms with Crippen LogP contribution < -0.4 is 0 Å². The van der Waals surface area contributed by atoms with Gasteiger partial charge < -0.3 is 9.88 Å². The molecule has 30 heavy (non-hydrogen) atoms. The number of aromatic amines is 1. The minimum Gasteiger partial charge on any atom is -0.336 e. The maximum Gasteiger partial charge on any atom is 0.272 e. The number of hydrogen-bond donors (Lipinski definition) is 1. The number of imidazole rings is 1. The van der Waals surface area contributed by atoms with Crippen LogP contribution in [0.2, 0.25) is 0 Å². The van der Waals surface area contributed by atoms with Gasteiger partial charge in [0, 0.05) is 38.1 Å². The number of aromatic nitrogens is 2. The number of halogens is 1. The molecule has 7 nitrogen and oxygen atoms in total. The second-order valence-electron chi connectivity index (χ2n) is 6.80. The van der Waals surface area contributed by atoms with Crippen molar-refractivity contribution in [1.29, 1.82) is 0 Å². The summed E-state index contributed by atoms with van der Waals surface area (Å²) < 4.78 is 42.0. The van der Waals surface area contributed by atoms with Gasteiger partial charge in [0.05, 0.1) is 4.90 Å². The molecule has 3 aromatic rings. The fourth-order valence-corrected chi connectivity index (χ4v) is 5.09. The molecule has 0 saturated carbocycles. The van der Waals surface area contributed by atoms with Crippen molar-refractivity contribution in [2.45, 2.75) is 4.90 Å². The third-order valence-electron chi connectivity index (χ3n) is 4.99. The number of carbonyl (C=O) groups excluding carboxylic acids is 1. The van der Waals surface area contributed by atoms with Crippen LogP contribution in [0.4, 0.5) is 4.39 Å². The lowest BCUT2D eigenvalue weighted by Gasteiger charge is -2.34. The number of para-hydroxylation sites is 1. The third kappa shape index (κ3) is 3.81. The average molecular weight is 447 g/mol. The van der Waals surface area contributed by atoms with E-state index in [2.05, 4.69) is 4.98 Å². The zero-order valence-electron chi connectivity index (χ0n) is 15.9. The Labute approximate surface area is 178 Å². The number of hydrogen-bond acceptors (Lipinski definition) is 4. The number of H-pyrrole nitrogens is 1. The van der Waals surface area contributed by atoms with E-state index in [1.165, 1.54) is 16.4 Å². The molecule has 4 rings (SSSR count). The molecule has 2 heterocycles. The summed E-state index contributed by atoms with van der Waals surface area (Å²) in [6.45, 7) is 0.794. The molecule has 0 aliphatic carbocycles. The number of sulfonamides is 1. The van der Waals surface area contributed by atoms with Crippen molar-refractivity contribution >= 4 is 28.1 Å². The van der Waals surface area contributed by atoms with Crippen molar-refractivity contribution in [2.75, 3.05) is 26.2 Å². The molecule has 1 fully saturated rings. The van der Waals surface area contributed by atoms with E-state index < -0.39 is 15.8 Å². The third-order valence-corrected chi connectivity index (χ3v) is 7.20. The van der Waals surface area contributed by atoms with Gasteiger partial charge in [-0.1, -0.05) is 18.2 Å². The standard InChI is InChI=1S/C20H19FN4O3S2/c21-15-6-8-17(9-7-15)30(27,28)24-12-10-23(11-13-24)19(26)18-14-22-20(29)25(18)16-4-2-1-3-5-16/h1-9,14H,10-13H2,(H,22,29). The van der Waals surface area contributed by atoms with E-state index in [-0.39, 0.29) is 37.0 Å². The molecule has 1 aromatic heterocycles. The highest BCUT2D eigenvalue weighted by atomic mass is 32.2. The van der Waals surface area contributed by atoms with Crippen LogP contribution in [0.3, 0.4) is 0 Å². The Morgan fingerprint density at radius 2 is 1.60 bits per heavy atom. The molecule has 2 aromatic carbocycles. The average Bonchev–Trinajstić information content (AvgIpc) is 3.15. The van der Waals surface area contributed by atoms with Gasteiger partial charge in [-0.3, -0.25) is 9.36 Å². The van der Waals surface area contributed by atoms with Gasteiger partial charge in [0.25, 0.3) is 5.91 Å². The van der Waals surface area contributed by atoms with E-state index in [4.69, 9.17) is 12.2 Å². The summed E-state index contributed by atoms with van der Waals surface area (Å²) in [5.41, 5.74) is 1.16. The van der Waals surface area contributed by atoms with E-state index in [1.54, 1.807) is 15.7 Å². The van der Waals surface area contributed by atoms with Crippen molar-refractivity contribution in [3.05, 3.63) is 77.1 Å². The molecule has 0 bridgehead atoms. The maximum atomic E-state index is 13.1. The van der Waals surface area contributed by atoms with Gasteiger partial charge in [0.1, 0.15) is 11.5 Å². The predicted molar refractivity (Wildman–Crippen MR) is 112 cm³/mol. The van der Waals surface area contributed by atoms with Gasteiger partial charge in [0.15, 0.2) is 4.77 Å². The number of benzene rings is 2. The number of nitrogens with one attached hydrogen (secondary N) is 1. The lowest BCUT2D eigenvalue weighted by molar-refractivity contribution is 0.0689. The van der Waals surface area contributed by atoms with Crippen molar-refractivity contribution in [1.82, 2.24) is 18.8 Å². The van der Waals surface area contributed by atoms with Crippen molar-refractivity contribution in [2.24, 2.45) is 0 Å². The van der Waals surface area contributed by atoms with Crippen LogP contribution in [-0.2, 0) is 10.0 Å². The topological polar surface area (TPSA) is 78.4 Å². The molecule has 1 N–H and O–H groups in total. The first-order chi connectivity index (χ1) is 14.4. The lowest BCUT2D eigenvalue weighted by atomic mass is 10.3. The van der Waals surface area contributed by atoms with Crippen LogP contribution in [-0.4, -0.2) is 59.3 Å². The minimum atomic E-state index is -3.74. The lowest BCUT2D eigenvalue weighted by Crippen LogP contribution is -2.50. The molecule has 1 aliphatic rings. The summed E-state index contributed by atoms with van der Waals surface area (Å²) in [6.07, 6.45) is 1.57. The van der Waals surface area contributed by atoms with Crippen LogP contribution in [0.5, 0.6) is 0 Å². The smallest absolute Gasteiger partial charge is 0.272 e. The molecule has 0 radical (unpaired) electrons. The van der Waals surface area contributed by atoms with E-state index in [1.807, 2.05) is 30.3 Å². The molecule has 1 amide bonds. The van der Waals surface area contributed by atoms with Crippen LogP contribution in [0, 0.1) is 10.6 Å². The van der Waals surface area contributed by atoms with E-state index >= 15 is 0 Å². The Bertz CT molecular complexity index is 1210. The Kier molecular flexibility index (Phi) is 5.54. The van der Waals surface area contributed by atoms with Crippen LogP contribution in [0.15, 0.2) is 65.7 Å². The molecule has 0 spiro atoms. The van der Waals surface area contributed by atoms with E-state index in [0.29, 0.717) is 10.5 Å². The van der Waals surface area contributed by atoms with Crippen molar-refractivity contribution < 1.29 is 17.6 Å². The number of amides is 1. The number of carbonyl (C=O) groups is 1. The van der Waals surface area contributed by atoms with Crippen LogP contribution >= 0.6 is 12.2 Å². The first kappa shape index (κ1) is 20.5. The highest BCUT2D eigenvalue weighted by Crippen LogP contribution is 2.20. The monoisotopic (exact) mass is 446 g/mol. The fourth-order valence-electron chi connectivity index (χ4n) is 3.41. The molecule has 0 atom stereocenters. The van der Waals surface area contributed by atoms with Crippen molar-refractivity contribution in [3.8, 4) is 5.69 Å². The zero-order chi connectivity index (χ0) is 21.3. The quantitative estimate of drug-likeness (QED) is 0.625. The van der Waals surface area contributed by atoms with Gasteiger partial charge in [0.2, 0.25) is 10.0 Å². The highest BCUT2D eigenvalue weighted by molar-refractivity contribution is 7.89. The highest BCUT2D eigenvalue weighted by Gasteiger charge is 2.31. The van der Waals surface area contributed by atoms with Crippen molar-refractivity contribution in [3.63, 3.8) is 0 Å². The first-order valence-electron chi connectivity index (χ1n) is 9.29. The van der Waals surface area contributed by atoms with Gasteiger partial charge in [-0.05, 0) is 48.6 Å². The normalized spacial score (nSPS) is 15.3. The van der Waals surface area contributed by atoms with Crippen LogP contribution in [0.1, 0.15) is 10.5 Å². The zero-order valence-corrected chi connectivity index (χ0v) is 17.5. The number of rotatable bonds is 4. The fraction of sp³-hybridized carbons (Fsp3) is 0.200. The Morgan fingerprint density at radius 3 is 2.23 bits per heavy atom.